The van der Waals surface area contributed by atoms with Crippen molar-refractivity contribution in [2.45, 2.75) is 24.9 Å². The highest BCUT2D eigenvalue weighted by Crippen LogP contribution is 2.24. The van der Waals surface area contributed by atoms with Gasteiger partial charge in [-0.05, 0) is 37.0 Å². The molecule has 3 rings (SSSR count). The van der Waals surface area contributed by atoms with E-state index in [0.29, 0.717) is 39.0 Å². The fourth-order valence-corrected chi connectivity index (χ4v) is 3.30. The number of rotatable bonds is 8. The van der Waals surface area contributed by atoms with Crippen molar-refractivity contribution in [1.82, 2.24) is 10.2 Å². The Labute approximate surface area is 165 Å². The van der Waals surface area contributed by atoms with Gasteiger partial charge in [0.15, 0.2) is 11.6 Å². The molecule has 0 aliphatic carbocycles. The summed E-state index contributed by atoms with van der Waals surface area (Å²) in [6.45, 7) is 2.17. The quantitative estimate of drug-likeness (QED) is 0.731. The van der Waals surface area contributed by atoms with Crippen molar-refractivity contribution >= 4 is 5.91 Å². The highest BCUT2D eigenvalue weighted by molar-refractivity contribution is 5.78. The topological polar surface area (TPSA) is 61.8 Å². The Kier molecular flexibility index (Phi) is 7.01. The first-order valence-electron chi connectivity index (χ1n) is 9.67. The van der Waals surface area contributed by atoms with E-state index in [2.05, 4.69) is 5.32 Å². The highest BCUT2D eigenvalue weighted by Gasteiger charge is 2.33. The number of para-hydroxylation sites is 1. The fraction of sp³-hybridized carbons (Fsp3) is 0.409. The molecule has 0 bridgehead atoms. The summed E-state index contributed by atoms with van der Waals surface area (Å²) in [6.07, 6.45) is 1.78. The Balaban J connectivity index is 1.36. The minimum atomic E-state index is -0.997. The van der Waals surface area contributed by atoms with Crippen LogP contribution in [0.4, 0.5) is 4.39 Å². The van der Waals surface area contributed by atoms with E-state index in [4.69, 9.17) is 4.74 Å². The summed E-state index contributed by atoms with van der Waals surface area (Å²) in [5.74, 6) is -0.296. The number of nitrogens with zero attached hydrogens (tertiary/aromatic N) is 1. The first-order valence-corrected chi connectivity index (χ1v) is 9.67. The number of amides is 1. The molecule has 1 heterocycles. The average Bonchev–Trinajstić information content (AvgIpc) is 2.70. The average molecular weight is 386 g/mol. The summed E-state index contributed by atoms with van der Waals surface area (Å²) in [5.41, 5.74) is 0.198. The van der Waals surface area contributed by atoms with Gasteiger partial charge in [0.1, 0.15) is 12.2 Å². The number of hydrogen-bond acceptors (Lipinski definition) is 4. The normalized spacial score (nSPS) is 16.5. The number of nitrogens with one attached hydrogen (secondary N) is 1. The Hall–Kier alpha value is -2.44. The van der Waals surface area contributed by atoms with Crippen LogP contribution in [0, 0.1) is 5.82 Å². The molecule has 1 saturated heterocycles. The lowest BCUT2D eigenvalue weighted by Crippen LogP contribution is -2.50. The van der Waals surface area contributed by atoms with Crippen LogP contribution in [0.25, 0.3) is 0 Å². The smallest absolute Gasteiger partial charge is 0.234 e. The zero-order chi connectivity index (χ0) is 19.8. The summed E-state index contributed by atoms with van der Waals surface area (Å²) in [6, 6.07) is 16.2. The van der Waals surface area contributed by atoms with Gasteiger partial charge < -0.3 is 15.2 Å². The summed E-state index contributed by atoms with van der Waals surface area (Å²) < 4.78 is 19.1. The molecule has 1 aliphatic heterocycles. The van der Waals surface area contributed by atoms with Crippen molar-refractivity contribution in [3.05, 3.63) is 66.0 Å². The van der Waals surface area contributed by atoms with E-state index in [1.54, 1.807) is 18.2 Å². The number of likely N-dealkylation sites (tertiary alicyclic amines) is 1. The molecule has 0 unspecified atom stereocenters. The van der Waals surface area contributed by atoms with Crippen LogP contribution < -0.4 is 10.1 Å². The number of hydrogen-bond donors (Lipinski definition) is 2. The Bertz CT molecular complexity index is 761. The minimum Gasteiger partial charge on any atom is -0.488 e. The monoisotopic (exact) mass is 386 g/mol. The second-order valence-electron chi connectivity index (χ2n) is 7.31. The molecular formula is C22H27FN2O3. The Morgan fingerprint density at radius 3 is 2.50 bits per heavy atom. The third-order valence-corrected chi connectivity index (χ3v) is 5.07. The number of benzene rings is 2. The highest BCUT2D eigenvalue weighted by atomic mass is 19.1. The van der Waals surface area contributed by atoms with E-state index in [0.717, 1.165) is 6.42 Å². The van der Waals surface area contributed by atoms with Crippen molar-refractivity contribution in [1.29, 1.82) is 0 Å². The van der Waals surface area contributed by atoms with Crippen molar-refractivity contribution in [2.75, 3.05) is 32.8 Å². The molecule has 0 saturated carbocycles. The molecule has 0 spiro atoms. The van der Waals surface area contributed by atoms with Crippen molar-refractivity contribution in [3.63, 3.8) is 0 Å². The number of carbonyl (C=O) groups excluding carboxylic acids is 1. The summed E-state index contributed by atoms with van der Waals surface area (Å²) >= 11 is 0. The Morgan fingerprint density at radius 2 is 1.79 bits per heavy atom. The number of halogens is 1. The maximum atomic E-state index is 13.6. The van der Waals surface area contributed by atoms with Gasteiger partial charge in [-0.2, -0.15) is 0 Å². The van der Waals surface area contributed by atoms with Crippen LogP contribution in [-0.2, 0) is 11.2 Å². The molecule has 1 fully saturated rings. The molecule has 0 aromatic heterocycles. The van der Waals surface area contributed by atoms with E-state index in [1.807, 2.05) is 35.2 Å². The molecule has 28 heavy (non-hydrogen) atoms. The lowest BCUT2D eigenvalue weighted by molar-refractivity contribution is -0.123. The largest absolute Gasteiger partial charge is 0.488 e. The SMILES string of the molecule is O=C(CN1CCC(O)(COc2ccccc2F)CC1)NCCc1ccccc1. The lowest BCUT2D eigenvalue weighted by Gasteiger charge is -2.37. The molecule has 2 aromatic carbocycles. The van der Waals surface area contributed by atoms with Gasteiger partial charge in [0.2, 0.25) is 5.91 Å². The molecule has 2 N–H and O–H groups in total. The number of carbonyl (C=O) groups is 1. The lowest BCUT2D eigenvalue weighted by atomic mass is 9.92. The van der Waals surface area contributed by atoms with Gasteiger partial charge in [-0.25, -0.2) is 4.39 Å². The van der Waals surface area contributed by atoms with Crippen LogP contribution in [0.2, 0.25) is 0 Å². The first kappa shape index (κ1) is 20.3. The third kappa shape index (κ3) is 6.04. The number of ether oxygens (including phenoxy) is 1. The van der Waals surface area contributed by atoms with Crippen LogP contribution >= 0.6 is 0 Å². The first-order chi connectivity index (χ1) is 13.5. The second kappa shape index (κ2) is 9.66. The van der Waals surface area contributed by atoms with E-state index in [-0.39, 0.29) is 18.3 Å². The van der Waals surface area contributed by atoms with E-state index in [9.17, 15) is 14.3 Å². The van der Waals surface area contributed by atoms with Gasteiger partial charge in [-0.1, -0.05) is 42.5 Å². The van der Waals surface area contributed by atoms with Gasteiger partial charge in [0.05, 0.1) is 6.54 Å². The third-order valence-electron chi connectivity index (χ3n) is 5.07. The Morgan fingerprint density at radius 1 is 1.11 bits per heavy atom. The molecule has 6 heteroatoms. The molecule has 5 nitrogen and oxygen atoms in total. The molecule has 1 aliphatic rings. The molecule has 0 atom stereocenters. The van der Waals surface area contributed by atoms with Crippen LogP contribution in [0.15, 0.2) is 54.6 Å². The number of piperidine rings is 1. The van der Waals surface area contributed by atoms with Gasteiger partial charge in [0, 0.05) is 19.6 Å². The summed E-state index contributed by atoms with van der Waals surface area (Å²) in [7, 11) is 0. The molecule has 150 valence electrons. The predicted molar refractivity (Wildman–Crippen MR) is 106 cm³/mol. The van der Waals surface area contributed by atoms with Gasteiger partial charge >= 0.3 is 0 Å². The zero-order valence-electron chi connectivity index (χ0n) is 15.9. The second-order valence-corrected chi connectivity index (χ2v) is 7.31. The van der Waals surface area contributed by atoms with Gasteiger partial charge in [0.25, 0.3) is 0 Å². The van der Waals surface area contributed by atoms with Crippen molar-refractivity contribution in [2.24, 2.45) is 0 Å². The molecular weight excluding hydrogens is 359 g/mol. The van der Waals surface area contributed by atoms with E-state index in [1.165, 1.54) is 11.6 Å². The molecule has 1 amide bonds. The summed E-state index contributed by atoms with van der Waals surface area (Å²) in [5, 5.41) is 13.6. The fourth-order valence-electron chi connectivity index (χ4n) is 3.30. The molecule has 0 radical (unpaired) electrons. The van der Waals surface area contributed by atoms with Crippen LogP contribution in [-0.4, -0.2) is 54.3 Å². The molecule has 2 aromatic rings. The van der Waals surface area contributed by atoms with Crippen molar-refractivity contribution < 1.29 is 19.0 Å². The van der Waals surface area contributed by atoms with Crippen LogP contribution in [0.3, 0.4) is 0 Å². The predicted octanol–water partition coefficient (Wildman–Crippen LogP) is 2.39. The number of aliphatic hydroxyl groups is 1. The van der Waals surface area contributed by atoms with Gasteiger partial charge in [-0.15, -0.1) is 0 Å². The standard InChI is InChI=1S/C22H27FN2O3/c23-19-8-4-5-9-20(19)28-17-22(27)11-14-25(15-12-22)16-21(26)24-13-10-18-6-2-1-3-7-18/h1-9,27H,10-17H2,(H,24,26). The minimum absolute atomic E-state index is 0.0102. The van der Waals surface area contributed by atoms with Crippen LogP contribution in [0.5, 0.6) is 5.75 Å². The van der Waals surface area contributed by atoms with Crippen LogP contribution in [0.1, 0.15) is 18.4 Å². The van der Waals surface area contributed by atoms with E-state index >= 15 is 0 Å². The summed E-state index contributed by atoms with van der Waals surface area (Å²) in [4.78, 5) is 14.2. The maximum Gasteiger partial charge on any atom is 0.234 e. The zero-order valence-corrected chi connectivity index (χ0v) is 15.9. The van der Waals surface area contributed by atoms with E-state index < -0.39 is 11.4 Å². The van der Waals surface area contributed by atoms with Crippen molar-refractivity contribution in [3.8, 4) is 5.75 Å². The van der Waals surface area contributed by atoms with Gasteiger partial charge in [-0.3, -0.25) is 9.69 Å². The maximum absolute atomic E-state index is 13.6.